The molecule has 0 fully saturated rings. The number of rotatable bonds is 8. The molecule has 0 unspecified atom stereocenters. The molecular formula is C24H25IN2O2. The second-order valence-corrected chi connectivity index (χ2v) is 8.97. The standard InChI is InChI=1S/C24H25IN2O2/c1-24(2,13-17-10-11-18-6-3-4-7-19(18)12-17)27-15-20(28)16-29-23-9-5-8-22(25)21(23)14-26/h3-12,20,27-28H,13,15-16H2,1-2H3/t20-/m1/s1. The molecule has 0 aliphatic carbocycles. The van der Waals surface area contributed by atoms with Crippen LogP contribution < -0.4 is 10.1 Å². The highest BCUT2D eigenvalue weighted by Gasteiger charge is 2.20. The van der Waals surface area contributed by atoms with E-state index >= 15 is 0 Å². The maximum absolute atomic E-state index is 10.3. The Hall–Kier alpha value is -2.14. The van der Waals surface area contributed by atoms with Crippen molar-refractivity contribution in [1.82, 2.24) is 5.32 Å². The Morgan fingerprint density at radius 1 is 1.10 bits per heavy atom. The molecule has 0 aromatic heterocycles. The lowest BCUT2D eigenvalue weighted by molar-refractivity contribution is 0.0986. The highest BCUT2D eigenvalue weighted by molar-refractivity contribution is 14.1. The number of β-amino-alcohol motifs (C(OH)–C–C–N with tert-alkyl or cyclic N) is 1. The van der Waals surface area contributed by atoms with E-state index in [1.807, 2.05) is 18.2 Å². The lowest BCUT2D eigenvalue weighted by Gasteiger charge is -2.28. The van der Waals surface area contributed by atoms with Gasteiger partial charge in [0.2, 0.25) is 0 Å². The molecule has 3 rings (SSSR count). The van der Waals surface area contributed by atoms with Crippen LogP contribution in [0.5, 0.6) is 5.75 Å². The van der Waals surface area contributed by atoms with E-state index in [-0.39, 0.29) is 12.1 Å². The Bertz CT molecular complexity index is 1030. The largest absolute Gasteiger partial charge is 0.489 e. The zero-order valence-corrected chi connectivity index (χ0v) is 18.8. The second kappa shape index (κ2) is 9.57. The fourth-order valence-corrected chi connectivity index (χ4v) is 3.89. The predicted octanol–water partition coefficient (Wildman–Crippen LogP) is 4.67. The smallest absolute Gasteiger partial charge is 0.138 e. The molecule has 0 amide bonds. The number of hydrogen-bond donors (Lipinski definition) is 2. The van der Waals surface area contributed by atoms with E-state index in [9.17, 15) is 10.4 Å². The van der Waals surface area contributed by atoms with Gasteiger partial charge in [-0.2, -0.15) is 5.26 Å². The van der Waals surface area contributed by atoms with E-state index in [1.165, 1.54) is 16.3 Å². The van der Waals surface area contributed by atoms with Crippen LogP contribution in [0.15, 0.2) is 60.7 Å². The summed E-state index contributed by atoms with van der Waals surface area (Å²) in [5.41, 5.74) is 1.58. The third-order valence-electron chi connectivity index (χ3n) is 4.79. The quantitative estimate of drug-likeness (QED) is 0.442. The number of aliphatic hydroxyl groups is 1. The number of fused-ring (bicyclic) bond motifs is 1. The van der Waals surface area contributed by atoms with Gasteiger partial charge in [0.1, 0.15) is 30.1 Å². The molecule has 2 N–H and O–H groups in total. The molecule has 0 bridgehead atoms. The topological polar surface area (TPSA) is 65.3 Å². The first kappa shape index (κ1) is 21.6. The van der Waals surface area contributed by atoms with Crippen LogP contribution >= 0.6 is 22.6 Å². The predicted molar refractivity (Wildman–Crippen MR) is 125 cm³/mol. The summed E-state index contributed by atoms with van der Waals surface area (Å²) in [4.78, 5) is 0. The average molecular weight is 500 g/mol. The second-order valence-electron chi connectivity index (χ2n) is 7.81. The van der Waals surface area contributed by atoms with Gasteiger partial charge < -0.3 is 15.2 Å². The Labute approximate surface area is 185 Å². The van der Waals surface area contributed by atoms with Crippen LogP contribution in [0.3, 0.4) is 0 Å². The first-order valence-corrected chi connectivity index (χ1v) is 10.7. The van der Waals surface area contributed by atoms with Gasteiger partial charge in [-0.25, -0.2) is 0 Å². The van der Waals surface area contributed by atoms with Gasteiger partial charge in [0.25, 0.3) is 0 Å². The van der Waals surface area contributed by atoms with Crippen molar-refractivity contribution in [3.05, 3.63) is 75.4 Å². The molecule has 0 aliphatic rings. The molecule has 0 radical (unpaired) electrons. The van der Waals surface area contributed by atoms with Gasteiger partial charge in [-0.3, -0.25) is 0 Å². The van der Waals surface area contributed by atoms with Crippen molar-refractivity contribution in [1.29, 1.82) is 5.26 Å². The molecule has 29 heavy (non-hydrogen) atoms. The summed E-state index contributed by atoms with van der Waals surface area (Å²) in [6.07, 6.45) is 0.177. The van der Waals surface area contributed by atoms with Gasteiger partial charge in [0, 0.05) is 15.7 Å². The molecule has 150 valence electrons. The van der Waals surface area contributed by atoms with E-state index in [1.54, 1.807) is 6.07 Å². The molecule has 1 atom stereocenters. The molecule has 3 aromatic rings. The van der Waals surface area contributed by atoms with Gasteiger partial charge in [0.15, 0.2) is 0 Å². The van der Waals surface area contributed by atoms with E-state index in [0.717, 1.165) is 9.99 Å². The summed E-state index contributed by atoms with van der Waals surface area (Å²) in [6, 6.07) is 22.5. The number of ether oxygens (including phenoxy) is 1. The number of hydrogen-bond acceptors (Lipinski definition) is 4. The van der Waals surface area contributed by atoms with Gasteiger partial charge in [-0.15, -0.1) is 0 Å². The first-order chi connectivity index (χ1) is 13.9. The number of nitriles is 1. The van der Waals surface area contributed by atoms with Crippen molar-refractivity contribution >= 4 is 33.4 Å². The monoisotopic (exact) mass is 500 g/mol. The Balaban J connectivity index is 1.54. The molecule has 0 saturated heterocycles. The molecule has 0 saturated carbocycles. The summed E-state index contributed by atoms with van der Waals surface area (Å²) >= 11 is 2.11. The third kappa shape index (κ3) is 5.92. The minimum Gasteiger partial charge on any atom is -0.489 e. The normalized spacial score (nSPS) is 12.5. The number of nitrogens with one attached hydrogen (secondary N) is 1. The minimum atomic E-state index is -0.671. The summed E-state index contributed by atoms with van der Waals surface area (Å²) in [7, 11) is 0. The van der Waals surface area contributed by atoms with Crippen molar-refractivity contribution < 1.29 is 9.84 Å². The van der Waals surface area contributed by atoms with Crippen molar-refractivity contribution in [3.63, 3.8) is 0 Å². The van der Waals surface area contributed by atoms with Crippen LogP contribution in [0.1, 0.15) is 25.0 Å². The van der Waals surface area contributed by atoms with E-state index in [0.29, 0.717) is 17.9 Å². The summed E-state index contributed by atoms with van der Waals surface area (Å²) in [5.74, 6) is 0.508. The zero-order chi connectivity index (χ0) is 20.9. The van der Waals surface area contributed by atoms with Crippen molar-refractivity contribution in [2.24, 2.45) is 0 Å². The molecule has 3 aromatic carbocycles. The number of halogens is 1. The average Bonchev–Trinajstić information content (AvgIpc) is 2.70. The minimum absolute atomic E-state index is 0.133. The highest BCUT2D eigenvalue weighted by Crippen LogP contribution is 2.23. The van der Waals surface area contributed by atoms with Crippen LogP contribution in [0, 0.1) is 14.9 Å². The van der Waals surface area contributed by atoms with Crippen LogP contribution in [0.4, 0.5) is 0 Å². The fourth-order valence-electron chi connectivity index (χ4n) is 3.29. The molecule has 0 heterocycles. The lowest BCUT2D eigenvalue weighted by Crippen LogP contribution is -2.46. The first-order valence-electron chi connectivity index (χ1n) is 9.60. The number of benzene rings is 3. The van der Waals surface area contributed by atoms with E-state index in [4.69, 9.17) is 4.74 Å². The molecule has 0 spiro atoms. The Morgan fingerprint density at radius 2 is 1.86 bits per heavy atom. The number of nitrogens with zero attached hydrogens (tertiary/aromatic N) is 1. The maximum atomic E-state index is 10.3. The summed E-state index contributed by atoms with van der Waals surface area (Å²) in [5, 5.41) is 25.5. The molecular weight excluding hydrogens is 475 g/mol. The Kier molecular flexibility index (Phi) is 7.12. The van der Waals surface area contributed by atoms with Crippen LogP contribution in [0.2, 0.25) is 0 Å². The van der Waals surface area contributed by atoms with E-state index in [2.05, 4.69) is 84.2 Å². The molecule has 4 nitrogen and oxygen atoms in total. The molecule has 0 aliphatic heterocycles. The fraction of sp³-hybridized carbons (Fsp3) is 0.292. The zero-order valence-electron chi connectivity index (χ0n) is 16.7. The summed E-state index contributed by atoms with van der Waals surface area (Å²) in [6.45, 7) is 4.80. The summed E-state index contributed by atoms with van der Waals surface area (Å²) < 4.78 is 6.52. The Morgan fingerprint density at radius 3 is 2.62 bits per heavy atom. The third-order valence-corrected chi connectivity index (χ3v) is 5.69. The maximum Gasteiger partial charge on any atom is 0.138 e. The van der Waals surface area contributed by atoms with Crippen LogP contribution in [-0.4, -0.2) is 29.9 Å². The SMILES string of the molecule is CC(C)(Cc1ccc2ccccc2c1)NC[C@@H](O)COc1cccc(I)c1C#N. The van der Waals surface area contributed by atoms with E-state index < -0.39 is 6.10 Å². The van der Waals surface area contributed by atoms with Crippen LogP contribution in [-0.2, 0) is 6.42 Å². The number of aliphatic hydroxyl groups excluding tert-OH is 1. The van der Waals surface area contributed by atoms with Gasteiger partial charge in [-0.1, -0.05) is 48.5 Å². The lowest BCUT2D eigenvalue weighted by atomic mass is 9.93. The van der Waals surface area contributed by atoms with Crippen molar-refractivity contribution in [3.8, 4) is 11.8 Å². The van der Waals surface area contributed by atoms with Crippen LogP contribution in [0.25, 0.3) is 10.8 Å². The highest BCUT2D eigenvalue weighted by atomic mass is 127. The van der Waals surface area contributed by atoms with Gasteiger partial charge >= 0.3 is 0 Å². The van der Waals surface area contributed by atoms with Gasteiger partial charge in [-0.05, 0) is 71.3 Å². The van der Waals surface area contributed by atoms with Crippen molar-refractivity contribution in [2.45, 2.75) is 31.9 Å². The molecule has 5 heteroatoms. The van der Waals surface area contributed by atoms with Crippen molar-refractivity contribution in [2.75, 3.05) is 13.2 Å². The van der Waals surface area contributed by atoms with Gasteiger partial charge in [0.05, 0.1) is 0 Å².